The zero-order valence-electron chi connectivity index (χ0n) is 11.2. The Kier molecular flexibility index (Phi) is 4.01. The fraction of sp³-hybridized carbons (Fsp3) is 0.857. The number of hydrogen-bond acceptors (Lipinski definition) is 4. The van der Waals surface area contributed by atoms with E-state index in [4.69, 9.17) is 0 Å². The Labute approximate surface area is 118 Å². The molecule has 5 heteroatoms. The molecule has 1 N–H and O–H groups in total. The highest BCUT2D eigenvalue weighted by molar-refractivity contribution is 8.02. The summed E-state index contributed by atoms with van der Waals surface area (Å²) in [6.45, 7) is 0. The van der Waals surface area contributed by atoms with Crippen LogP contribution in [-0.2, 0) is 0 Å². The van der Waals surface area contributed by atoms with Crippen LogP contribution in [0.25, 0.3) is 0 Å². The van der Waals surface area contributed by atoms with Crippen molar-refractivity contribution in [2.75, 3.05) is 0 Å². The molecular weight excluding hydrogens is 260 g/mol. The highest BCUT2D eigenvalue weighted by Crippen LogP contribution is 2.38. The molecule has 2 saturated carbocycles. The molecule has 0 bridgehead atoms. The maximum absolute atomic E-state index is 11.0. The summed E-state index contributed by atoms with van der Waals surface area (Å²) in [6, 6.07) is 0.283. The fourth-order valence-electron chi connectivity index (χ4n) is 3.69. The van der Waals surface area contributed by atoms with Crippen LogP contribution in [-0.4, -0.2) is 22.3 Å². The van der Waals surface area contributed by atoms with Gasteiger partial charge in [-0.15, -0.1) is 11.8 Å². The molecule has 1 heterocycles. The Morgan fingerprint density at radius 2 is 2.05 bits per heavy atom. The van der Waals surface area contributed by atoms with E-state index in [0.717, 1.165) is 30.9 Å². The van der Waals surface area contributed by atoms with Gasteiger partial charge in [0.15, 0.2) is 0 Å². The Morgan fingerprint density at radius 1 is 1.21 bits per heavy atom. The maximum Gasteiger partial charge on any atom is 0.213 e. The van der Waals surface area contributed by atoms with Gasteiger partial charge in [-0.2, -0.15) is 0 Å². The van der Waals surface area contributed by atoms with Gasteiger partial charge in [0.1, 0.15) is 0 Å². The normalized spacial score (nSPS) is 38.8. The first-order valence-corrected chi connectivity index (χ1v) is 8.44. The van der Waals surface area contributed by atoms with Crippen LogP contribution in [0.2, 0.25) is 0 Å². The molecule has 0 aromatic heterocycles. The van der Waals surface area contributed by atoms with Gasteiger partial charge in [-0.25, -0.2) is 0 Å². The smallest absolute Gasteiger partial charge is 0.213 e. The maximum atomic E-state index is 11.0. The van der Waals surface area contributed by atoms with E-state index in [1.807, 2.05) is 11.8 Å². The summed E-state index contributed by atoms with van der Waals surface area (Å²) in [5.41, 5.74) is 1.29. The van der Waals surface area contributed by atoms with Crippen LogP contribution < -0.4 is 5.32 Å². The van der Waals surface area contributed by atoms with E-state index in [1.54, 1.807) is 0 Å². The second-order valence-corrected chi connectivity index (χ2v) is 7.20. The number of fused-ring (bicyclic) bond motifs is 1. The van der Waals surface area contributed by atoms with Crippen LogP contribution in [0.15, 0.2) is 11.1 Å². The molecule has 0 amide bonds. The number of thioether (sulfide) groups is 1. The summed E-state index contributed by atoms with van der Waals surface area (Å²) >= 11 is 1.96. The lowest BCUT2D eigenvalue weighted by atomic mass is 9.83. The summed E-state index contributed by atoms with van der Waals surface area (Å²) in [5.74, 6) is 0.388. The van der Waals surface area contributed by atoms with E-state index in [9.17, 15) is 10.1 Å². The van der Waals surface area contributed by atoms with Crippen molar-refractivity contribution < 1.29 is 4.92 Å². The lowest BCUT2D eigenvalue weighted by Gasteiger charge is -2.39. The summed E-state index contributed by atoms with van der Waals surface area (Å²) in [4.78, 5) is 10.9. The van der Waals surface area contributed by atoms with E-state index in [1.165, 1.54) is 31.4 Å². The van der Waals surface area contributed by atoms with Crippen molar-refractivity contribution in [1.82, 2.24) is 5.32 Å². The van der Waals surface area contributed by atoms with Gasteiger partial charge in [0.25, 0.3) is 0 Å². The zero-order valence-corrected chi connectivity index (χ0v) is 12.0. The first-order valence-electron chi connectivity index (χ1n) is 7.49. The molecular formula is C14H22N2O2S. The second-order valence-electron chi connectivity index (χ2n) is 6.09. The molecule has 3 aliphatic rings. The van der Waals surface area contributed by atoms with Gasteiger partial charge in [-0.3, -0.25) is 10.1 Å². The van der Waals surface area contributed by atoms with Crippen LogP contribution in [0.1, 0.15) is 51.4 Å². The second kappa shape index (κ2) is 5.73. The highest BCUT2D eigenvalue weighted by Gasteiger charge is 2.35. The summed E-state index contributed by atoms with van der Waals surface area (Å²) in [7, 11) is 0. The van der Waals surface area contributed by atoms with Crippen LogP contribution in [0.4, 0.5) is 0 Å². The van der Waals surface area contributed by atoms with Crippen molar-refractivity contribution in [1.29, 1.82) is 0 Å². The minimum atomic E-state index is -0.324. The third-order valence-corrected chi connectivity index (χ3v) is 6.11. The first-order chi connectivity index (χ1) is 9.24. The molecule has 0 aromatic carbocycles. The molecule has 2 aliphatic carbocycles. The van der Waals surface area contributed by atoms with Crippen molar-refractivity contribution in [3.8, 4) is 0 Å². The molecule has 4 unspecified atom stereocenters. The van der Waals surface area contributed by atoms with Gasteiger partial charge < -0.3 is 5.32 Å². The van der Waals surface area contributed by atoms with Crippen LogP contribution in [0, 0.1) is 16.0 Å². The predicted molar refractivity (Wildman–Crippen MR) is 77.6 cm³/mol. The van der Waals surface area contributed by atoms with Crippen molar-refractivity contribution in [3.63, 3.8) is 0 Å². The highest BCUT2D eigenvalue weighted by atomic mass is 32.2. The van der Waals surface area contributed by atoms with Crippen LogP contribution in [0.3, 0.4) is 0 Å². The number of rotatable bonds is 2. The van der Waals surface area contributed by atoms with Crippen molar-refractivity contribution in [2.24, 2.45) is 5.92 Å². The molecule has 4 nitrogen and oxygen atoms in total. The molecule has 0 saturated heterocycles. The summed E-state index contributed by atoms with van der Waals surface area (Å²) < 4.78 is 0. The lowest BCUT2D eigenvalue weighted by Crippen LogP contribution is -2.44. The van der Waals surface area contributed by atoms with E-state index < -0.39 is 0 Å². The topological polar surface area (TPSA) is 55.2 Å². The molecule has 1 aliphatic heterocycles. The quantitative estimate of drug-likeness (QED) is 0.623. The monoisotopic (exact) mass is 282 g/mol. The molecule has 19 heavy (non-hydrogen) atoms. The minimum Gasteiger partial charge on any atom is -0.384 e. The third kappa shape index (κ3) is 2.91. The lowest BCUT2D eigenvalue weighted by molar-refractivity contribution is -0.527. The Morgan fingerprint density at radius 3 is 2.89 bits per heavy atom. The Balaban J connectivity index is 1.65. The van der Waals surface area contributed by atoms with Crippen molar-refractivity contribution >= 4 is 11.8 Å². The van der Waals surface area contributed by atoms with Gasteiger partial charge in [0.05, 0.1) is 0 Å². The zero-order chi connectivity index (χ0) is 13.2. The Bertz CT molecular complexity index is 386. The summed E-state index contributed by atoms with van der Waals surface area (Å²) in [6.07, 6.45) is 8.85. The SMILES string of the molecule is O=[N+]([O-])C1CCCC(C2=CSC3CCCCC3N2)C1. The van der Waals surface area contributed by atoms with Gasteiger partial charge in [-0.05, 0) is 31.1 Å². The number of allylic oxidation sites excluding steroid dienone is 1. The fourth-order valence-corrected chi connectivity index (χ4v) is 4.96. The van der Waals surface area contributed by atoms with E-state index in [2.05, 4.69) is 10.7 Å². The van der Waals surface area contributed by atoms with Crippen LogP contribution >= 0.6 is 11.8 Å². The number of nitro groups is 1. The minimum absolute atomic E-state index is 0.0773. The van der Waals surface area contributed by atoms with Crippen molar-refractivity contribution in [3.05, 3.63) is 21.2 Å². The molecule has 4 atom stereocenters. The molecule has 0 spiro atoms. The average molecular weight is 282 g/mol. The molecule has 2 fully saturated rings. The number of nitrogens with one attached hydrogen (secondary N) is 1. The van der Waals surface area contributed by atoms with Gasteiger partial charge in [-0.1, -0.05) is 12.8 Å². The first kappa shape index (κ1) is 13.3. The molecule has 106 valence electrons. The molecule has 0 aromatic rings. The number of nitrogens with zero attached hydrogens (tertiary/aromatic N) is 1. The largest absolute Gasteiger partial charge is 0.384 e. The standard InChI is InChI=1S/C14H22N2O2S/c17-16(18)11-5-3-4-10(8-11)13-9-19-14-7-2-1-6-12(14)15-13/h9-12,14-15H,1-8H2. The van der Waals surface area contributed by atoms with E-state index in [0.29, 0.717) is 12.0 Å². The molecule has 3 rings (SSSR count). The van der Waals surface area contributed by atoms with E-state index in [-0.39, 0.29) is 11.0 Å². The van der Waals surface area contributed by atoms with Crippen LogP contribution in [0.5, 0.6) is 0 Å². The van der Waals surface area contributed by atoms with Gasteiger partial charge in [0, 0.05) is 40.7 Å². The third-order valence-electron chi connectivity index (χ3n) is 4.81. The average Bonchev–Trinajstić information content (AvgIpc) is 2.47. The van der Waals surface area contributed by atoms with E-state index >= 15 is 0 Å². The van der Waals surface area contributed by atoms with Gasteiger partial charge >= 0.3 is 0 Å². The summed E-state index contributed by atoms with van der Waals surface area (Å²) in [5, 5.41) is 17.7. The van der Waals surface area contributed by atoms with Crippen molar-refractivity contribution in [2.45, 2.75) is 68.7 Å². The number of hydrogen-bond donors (Lipinski definition) is 1. The predicted octanol–water partition coefficient (Wildman–Crippen LogP) is 3.31. The Hall–Kier alpha value is -0.710. The molecule has 0 radical (unpaired) electrons. The van der Waals surface area contributed by atoms with Gasteiger partial charge in [0.2, 0.25) is 6.04 Å².